The number of rotatable bonds is 8. The Morgan fingerprint density at radius 3 is 1.59 bits per heavy atom. The summed E-state index contributed by atoms with van der Waals surface area (Å²) in [5, 5.41) is 12.9. The molecule has 0 aliphatic rings. The average molecular weight is 868 g/mol. The summed E-state index contributed by atoms with van der Waals surface area (Å²) in [5.74, 6) is 1.43. The summed E-state index contributed by atoms with van der Waals surface area (Å²) >= 11 is 0. The zero-order chi connectivity index (χ0) is 46.9. The molecule has 0 unspecified atom stereocenters. The topological polar surface area (TPSA) is 50.9 Å². The van der Waals surface area contributed by atoms with Crippen molar-refractivity contribution in [3.05, 3.63) is 137 Å². The number of phenolic OH excluding ortho intramolecular Hbond substituents is 1. The summed E-state index contributed by atoms with van der Waals surface area (Å²) in [6, 6.07) is 37.7. The Morgan fingerprint density at radius 1 is 0.562 bits per heavy atom. The van der Waals surface area contributed by atoms with Gasteiger partial charge in [0.05, 0.1) is 30.4 Å². The number of aromatic nitrogens is 3. The quantitative estimate of drug-likeness (QED) is 0.155. The molecule has 2 aromatic heterocycles. The largest absolute Gasteiger partial charge is 0.507 e. The fraction of sp³-hybridized carbons (Fsp3) is 0.390. The van der Waals surface area contributed by atoms with Crippen molar-refractivity contribution in [1.82, 2.24) is 14.5 Å². The van der Waals surface area contributed by atoms with Gasteiger partial charge in [0.2, 0.25) is 0 Å². The minimum absolute atomic E-state index is 0.0363. The van der Waals surface area contributed by atoms with Gasteiger partial charge in [-0.25, -0.2) is 4.98 Å². The van der Waals surface area contributed by atoms with Crippen LogP contribution in [0.2, 0.25) is 19.6 Å². The number of imidazole rings is 1. The van der Waals surface area contributed by atoms with Gasteiger partial charge in [-0.3, -0.25) is 9.55 Å². The molecule has 0 bridgehead atoms. The Hall–Kier alpha value is -5.26. The summed E-state index contributed by atoms with van der Waals surface area (Å²) in [6.07, 6.45) is 3.20. The Labute approximate surface area is 386 Å². The molecule has 1 N–H and O–H groups in total. The van der Waals surface area contributed by atoms with Crippen molar-refractivity contribution in [2.45, 2.75) is 145 Å². The normalized spacial score (nSPS) is 13.0. The van der Waals surface area contributed by atoms with Gasteiger partial charge < -0.3 is 5.11 Å². The number of fused-ring (bicyclic) bond motifs is 1. The molecule has 0 aliphatic carbocycles. The van der Waals surface area contributed by atoms with Crippen molar-refractivity contribution in [3.63, 3.8) is 0 Å². The van der Waals surface area contributed by atoms with E-state index in [4.69, 9.17) is 9.97 Å². The monoisotopic (exact) mass is 868 g/mol. The number of nitrogens with zero attached hydrogens (tertiary/aromatic N) is 3. The molecule has 0 saturated heterocycles. The van der Waals surface area contributed by atoms with Crippen LogP contribution in [0.4, 0.5) is 0 Å². The Morgan fingerprint density at radius 2 is 1.06 bits per heavy atom. The van der Waals surface area contributed by atoms with Crippen LogP contribution in [0.1, 0.15) is 125 Å². The smallest absolute Gasteiger partial charge is 0.149 e. The van der Waals surface area contributed by atoms with Crippen LogP contribution in [0, 0.1) is 5.92 Å². The highest BCUT2D eigenvalue weighted by molar-refractivity contribution is 6.89. The van der Waals surface area contributed by atoms with Gasteiger partial charge in [0, 0.05) is 23.0 Å². The molecule has 0 fully saturated rings. The molecule has 7 rings (SSSR count). The van der Waals surface area contributed by atoms with E-state index in [9.17, 15) is 5.11 Å². The van der Waals surface area contributed by atoms with Gasteiger partial charge in [0.15, 0.2) is 0 Å². The summed E-state index contributed by atoms with van der Waals surface area (Å²) in [6.45, 7) is 39.4. The maximum absolute atomic E-state index is 11.5. The maximum Gasteiger partial charge on any atom is 0.149 e. The van der Waals surface area contributed by atoms with Crippen LogP contribution in [0.25, 0.3) is 61.6 Å². The van der Waals surface area contributed by atoms with Crippen LogP contribution in [0.5, 0.6) is 5.75 Å². The van der Waals surface area contributed by atoms with E-state index in [1.807, 2.05) is 18.2 Å². The van der Waals surface area contributed by atoms with Crippen molar-refractivity contribution < 1.29 is 5.11 Å². The summed E-state index contributed by atoms with van der Waals surface area (Å²) < 4.78 is 2.26. The zero-order valence-electron chi connectivity index (χ0n) is 42.0. The number of phenols is 1. The number of aromatic hydroxyl groups is 1. The summed E-state index contributed by atoms with van der Waals surface area (Å²) in [4.78, 5) is 10.8. The minimum Gasteiger partial charge on any atom is -0.507 e. The highest BCUT2D eigenvalue weighted by Crippen LogP contribution is 2.42. The van der Waals surface area contributed by atoms with Gasteiger partial charge in [-0.15, -0.1) is 0 Å². The van der Waals surface area contributed by atoms with Crippen LogP contribution in [0.15, 0.2) is 109 Å². The molecule has 64 heavy (non-hydrogen) atoms. The third kappa shape index (κ3) is 9.71. The molecule has 0 radical (unpaired) electrons. The van der Waals surface area contributed by atoms with Crippen molar-refractivity contribution in [2.24, 2.45) is 5.92 Å². The molecule has 0 aliphatic heterocycles. The second kappa shape index (κ2) is 16.6. The van der Waals surface area contributed by atoms with Crippen molar-refractivity contribution in [3.8, 4) is 56.3 Å². The van der Waals surface area contributed by atoms with E-state index in [0.29, 0.717) is 17.3 Å². The van der Waals surface area contributed by atoms with E-state index in [2.05, 4.69) is 206 Å². The SMILES string of the molecule is CC(C)Cc1cc(-c2cc(-c3cc(C(C)(C)C)cc(C(C)(C)C)c3)cc(-c3cccc4c3nc(-c3ccccc3O)n4-c3cc(C(C)(C)C)cc(C(C)(C)C)c3)c2)ncc1[Si](C)(C)C. The van der Waals surface area contributed by atoms with Crippen LogP contribution >= 0.6 is 0 Å². The molecular formula is C59H73N3OSi. The van der Waals surface area contributed by atoms with Gasteiger partial charge in [0.25, 0.3) is 0 Å². The van der Waals surface area contributed by atoms with Gasteiger partial charge in [-0.05, 0) is 138 Å². The van der Waals surface area contributed by atoms with Gasteiger partial charge in [-0.1, -0.05) is 165 Å². The number of para-hydroxylation sites is 2. The lowest BCUT2D eigenvalue weighted by Gasteiger charge is -2.27. The molecular weight excluding hydrogens is 795 g/mol. The third-order valence-electron chi connectivity index (χ3n) is 12.7. The molecule has 2 heterocycles. The second-order valence-corrected chi connectivity index (χ2v) is 28.9. The Balaban J connectivity index is 1.58. The molecule has 334 valence electrons. The Kier molecular flexibility index (Phi) is 12.1. The zero-order valence-corrected chi connectivity index (χ0v) is 43.0. The first kappa shape index (κ1) is 46.7. The van der Waals surface area contributed by atoms with Gasteiger partial charge in [-0.2, -0.15) is 0 Å². The lowest BCUT2D eigenvalue weighted by atomic mass is 9.78. The van der Waals surface area contributed by atoms with E-state index >= 15 is 0 Å². The summed E-state index contributed by atoms with van der Waals surface area (Å²) in [5.41, 5.74) is 16.4. The van der Waals surface area contributed by atoms with E-state index in [1.54, 1.807) is 6.07 Å². The highest BCUT2D eigenvalue weighted by Gasteiger charge is 2.27. The third-order valence-corrected chi connectivity index (χ3v) is 14.8. The van der Waals surface area contributed by atoms with Crippen LogP contribution in [0.3, 0.4) is 0 Å². The van der Waals surface area contributed by atoms with E-state index < -0.39 is 8.07 Å². The fourth-order valence-electron chi connectivity index (χ4n) is 8.74. The first-order chi connectivity index (χ1) is 29.6. The predicted octanol–water partition coefficient (Wildman–Crippen LogP) is 15.7. The highest BCUT2D eigenvalue weighted by atomic mass is 28.3. The molecule has 0 atom stereocenters. The van der Waals surface area contributed by atoms with E-state index in [-0.39, 0.29) is 27.4 Å². The van der Waals surface area contributed by atoms with Crippen molar-refractivity contribution in [1.29, 1.82) is 0 Å². The molecule has 7 aromatic rings. The minimum atomic E-state index is -1.66. The van der Waals surface area contributed by atoms with E-state index in [1.165, 1.54) is 38.6 Å². The molecule has 0 saturated carbocycles. The van der Waals surface area contributed by atoms with Crippen LogP contribution in [-0.2, 0) is 28.1 Å². The van der Waals surface area contributed by atoms with Gasteiger partial charge in [0.1, 0.15) is 11.6 Å². The average Bonchev–Trinajstić information content (AvgIpc) is 3.58. The standard InChI is InChI=1S/C59H73N3OSi/c1-37(2)25-42-31-50(60-36-53(42)64(15,16)17)41-27-38(39-29-43(56(3,4)5)32-44(30-39)57(6,7)8)26-40(28-41)48-22-20-23-51-54(48)61-55(49-21-18-19-24-52(49)63)62(51)47-34-45(58(9,10)11)33-46(35-47)59(12,13)14/h18-24,26-37,63H,25H2,1-17H3. The van der Waals surface area contributed by atoms with E-state index in [0.717, 1.165) is 51.1 Å². The molecule has 4 nitrogen and oxygen atoms in total. The fourth-order valence-corrected chi connectivity index (χ4v) is 10.3. The molecule has 0 amide bonds. The van der Waals surface area contributed by atoms with Crippen molar-refractivity contribution in [2.75, 3.05) is 0 Å². The molecule has 5 aromatic carbocycles. The molecule has 5 heteroatoms. The van der Waals surface area contributed by atoms with Crippen LogP contribution < -0.4 is 5.19 Å². The lowest BCUT2D eigenvalue weighted by Crippen LogP contribution is -2.40. The first-order valence-electron chi connectivity index (χ1n) is 23.4. The van der Waals surface area contributed by atoms with Crippen molar-refractivity contribution >= 4 is 24.3 Å². The number of benzene rings is 5. The lowest BCUT2D eigenvalue weighted by molar-refractivity contribution is 0.477. The number of pyridine rings is 1. The van der Waals surface area contributed by atoms with Gasteiger partial charge >= 0.3 is 0 Å². The van der Waals surface area contributed by atoms with Crippen LogP contribution in [-0.4, -0.2) is 27.7 Å². The second-order valence-electron chi connectivity index (χ2n) is 23.9. The first-order valence-corrected chi connectivity index (χ1v) is 26.9. The number of hydrogen-bond donors (Lipinski definition) is 1. The molecule has 0 spiro atoms. The maximum atomic E-state index is 11.5. The summed E-state index contributed by atoms with van der Waals surface area (Å²) in [7, 11) is -1.66. The Bertz CT molecular complexity index is 2790. The predicted molar refractivity (Wildman–Crippen MR) is 279 cm³/mol. The number of hydrogen-bond acceptors (Lipinski definition) is 3.